The average Bonchev–Trinajstić information content (AvgIpc) is 2.02. The van der Waals surface area contributed by atoms with Crippen molar-refractivity contribution in [1.82, 2.24) is 15.5 Å². The lowest BCUT2D eigenvalue weighted by molar-refractivity contribution is -0.137. The first-order chi connectivity index (χ1) is 6.16. The third kappa shape index (κ3) is 1.34. The molecule has 13 heavy (non-hydrogen) atoms. The fourth-order valence-corrected chi connectivity index (χ4v) is 2.47. The van der Waals surface area contributed by atoms with Crippen molar-refractivity contribution in [3.8, 4) is 0 Å². The third-order valence-electron chi connectivity index (χ3n) is 2.92. The molecule has 3 saturated heterocycles. The highest BCUT2D eigenvalue weighted by Gasteiger charge is 2.53. The predicted molar refractivity (Wildman–Crippen MR) is 50.5 cm³/mol. The summed E-state index contributed by atoms with van der Waals surface area (Å²) in [4.78, 5) is 13.9. The SMILES string of the molecule is CCNC(=O)C12CC(CN(C)C1)N2. The molecule has 1 amide bonds. The van der Waals surface area contributed by atoms with Crippen LogP contribution in [-0.2, 0) is 4.79 Å². The zero-order valence-corrected chi connectivity index (χ0v) is 8.26. The Balaban J connectivity index is 2.01. The Morgan fingerprint density at radius 1 is 1.77 bits per heavy atom. The van der Waals surface area contributed by atoms with E-state index in [1.54, 1.807) is 0 Å². The summed E-state index contributed by atoms with van der Waals surface area (Å²) in [6, 6.07) is 0.529. The standard InChI is InChI=1S/C9H17N3O/c1-3-10-8(13)9-4-7(11-9)5-12(2)6-9/h7,11H,3-6H2,1-2H3,(H,10,13). The number of nitrogens with zero attached hydrogens (tertiary/aromatic N) is 1. The molecule has 3 fully saturated rings. The van der Waals surface area contributed by atoms with Crippen molar-refractivity contribution < 1.29 is 4.79 Å². The molecule has 4 heteroatoms. The summed E-state index contributed by atoms with van der Waals surface area (Å²) in [6.45, 7) is 4.59. The van der Waals surface area contributed by atoms with Gasteiger partial charge in [0.2, 0.25) is 5.91 Å². The number of rotatable bonds is 2. The van der Waals surface area contributed by atoms with Crippen LogP contribution in [0.2, 0.25) is 0 Å². The van der Waals surface area contributed by atoms with Crippen molar-refractivity contribution in [2.24, 2.45) is 0 Å². The monoisotopic (exact) mass is 183 g/mol. The number of nitrogens with one attached hydrogen (secondary N) is 2. The van der Waals surface area contributed by atoms with E-state index >= 15 is 0 Å². The topological polar surface area (TPSA) is 44.4 Å². The second-order valence-corrected chi connectivity index (χ2v) is 4.18. The van der Waals surface area contributed by atoms with Crippen LogP contribution in [0.1, 0.15) is 13.3 Å². The summed E-state index contributed by atoms with van der Waals surface area (Å²) in [6.07, 6.45) is 1.00. The Morgan fingerprint density at radius 3 is 3.00 bits per heavy atom. The number of hydrogen-bond donors (Lipinski definition) is 2. The van der Waals surface area contributed by atoms with Crippen LogP contribution < -0.4 is 10.6 Å². The highest BCUT2D eigenvalue weighted by Crippen LogP contribution is 2.31. The van der Waals surface area contributed by atoms with Crippen LogP contribution in [-0.4, -0.2) is 49.1 Å². The van der Waals surface area contributed by atoms with Crippen LogP contribution in [0.25, 0.3) is 0 Å². The van der Waals surface area contributed by atoms with Crippen LogP contribution >= 0.6 is 0 Å². The molecule has 2 unspecified atom stereocenters. The molecule has 0 aliphatic carbocycles. The molecule has 0 spiro atoms. The van der Waals surface area contributed by atoms with Gasteiger partial charge in [-0.15, -0.1) is 0 Å². The smallest absolute Gasteiger partial charge is 0.241 e. The molecule has 0 aromatic carbocycles. The second-order valence-electron chi connectivity index (χ2n) is 4.18. The zero-order chi connectivity index (χ0) is 9.47. The number of carbonyl (C=O) groups is 1. The van der Waals surface area contributed by atoms with Gasteiger partial charge in [0.15, 0.2) is 0 Å². The molecular weight excluding hydrogens is 166 g/mol. The van der Waals surface area contributed by atoms with Gasteiger partial charge in [-0.05, 0) is 20.4 Å². The quantitative estimate of drug-likeness (QED) is 0.587. The van der Waals surface area contributed by atoms with Gasteiger partial charge in [0, 0.05) is 25.7 Å². The van der Waals surface area contributed by atoms with E-state index in [-0.39, 0.29) is 11.4 Å². The van der Waals surface area contributed by atoms with E-state index in [4.69, 9.17) is 0 Å². The van der Waals surface area contributed by atoms with E-state index in [2.05, 4.69) is 22.6 Å². The Bertz CT molecular complexity index is 223. The first-order valence-corrected chi connectivity index (χ1v) is 4.91. The molecule has 3 aliphatic heterocycles. The van der Waals surface area contributed by atoms with E-state index in [1.165, 1.54) is 0 Å². The number of likely N-dealkylation sites (N-methyl/N-ethyl adjacent to an activating group) is 2. The van der Waals surface area contributed by atoms with E-state index in [1.807, 2.05) is 6.92 Å². The molecule has 0 aromatic heterocycles. The second kappa shape index (κ2) is 2.96. The summed E-state index contributed by atoms with van der Waals surface area (Å²) < 4.78 is 0. The first kappa shape index (κ1) is 8.97. The average molecular weight is 183 g/mol. The molecule has 3 rings (SSSR count). The molecule has 0 aromatic rings. The van der Waals surface area contributed by atoms with Crippen LogP contribution in [0.3, 0.4) is 0 Å². The van der Waals surface area contributed by atoms with E-state index in [9.17, 15) is 4.79 Å². The van der Waals surface area contributed by atoms with E-state index in [0.29, 0.717) is 6.04 Å². The highest BCUT2D eigenvalue weighted by molar-refractivity contribution is 5.88. The molecule has 2 N–H and O–H groups in total. The van der Waals surface area contributed by atoms with Gasteiger partial charge in [-0.1, -0.05) is 0 Å². The fourth-order valence-electron chi connectivity index (χ4n) is 2.47. The maximum Gasteiger partial charge on any atom is 0.241 e. The Morgan fingerprint density at radius 2 is 2.46 bits per heavy atom. The van der Waals surface area contributed by atoms with Gasteiger partial charge in [-0.2, -0.15) is 0 Å². The largest absolute Gasteiger partial charge is 0.355 e. The Hall–Kier alpha value is -0.610. The van der Waals surface area contributed by atoms with Crippen molar-refractivity contribution >= 4 is 5.91 Å². The third-order valence-corrected chi connectivity index (χ3v) is 2.92. The van der Waals surface area contributed by atoms with Crippen molar-refractivity contribution in [2.45, 2.75) is 24.9 Å². The van der Waals surface area contributed by atoms with E-state index < -0.39 is 0 Å². The minimum absolute atomic E-state index is 0.165. The van der Waals surface area contributed by atoms with Crippen molar-refractivity contribution in [3.63, 3.8) is 0 Å². The van der Waals surface area contributed by atoms with Crippen molar-refractivity contribution in [3.05, 3.63) is 0 Å². The van der Waals surface area contributed by atoms with Gasteiger partial charge in [-0.25, -0.2) is 0 Å². The molecular formula is C9H17N3O. The number of piperazine rings is 1. The summed E-state index contributed by atoms with van der Waals surface area (Å²) in [5.41, 5.74) is -0.270. The van der Waals surface area contributed by atoms with Crippen LogP contribution in [0.5, 0.6) is 0 Å². The highest BCUT2D eigenvalue weighted by atomic mass is 16.2. The molecule has 2 atom stereocenters. The van der Waals surface area contributed by atoms with Gasteiger partial charge in [-0.3, -0.25) is 10.1 Å². The molecule has 4 nitrogen and oxygen atoms in total. The maximum absolute atomic E-state index is 11.7. The minimum Gasteiger partial charge on any atom is -0.355 e. The molecule has 74 valence electrons. The summed E-state index contributed by atoms with van der Waals surface area (Å²) in [7, 11) is 2.07. The van der Waals surface area contributed by atoms with Gasteiger partial charge in [0.25, 0.3) is 0 Å². The first-order valence-electron chi connectivity index (χ1n) is 4.91. The lowest BCUT2D eigenvalue weighted by Gasteiger charge is -2.55. The molecule has 0 radical (unpaired) electrons. The molecule has 0 saturated carbocycles. The summed E-state index contributed by atoms with van der Waals surface area (Å²) in [5.74, 6) is 0.165. The molecule has 2 bridgehead atoms. The van der Waals surface area contributed by atoms with Crippen LogP contribution in [0.15, 0.2) is 0 Å². The Labute approximate surface area is 78.7 Å². The number of hydrogen-bond acceptors (Lipinski definition) is 3. The van der Waals surface area contributed by atoms with Gasteiger partial charge in [0.1, 0.15) is 5.54 Å². The zero-order valence-electron chi connectivity index (χ0n) is 8.26. The summed E-state index contributed by atoms with van der Waals surface area (Å²) in [5, 5.41) is 6.24. The number of piperidine rings is 1. The van der Waals surface area contributed by atoms with Crippen molar-refractivity contribution in [1.29, 1.82) is 0 Å². The van der Waals surface area contributed by atoms with Crippen LogP contribution in [0, 0.1) is 0 Å². The molecule has 3 aliphatic rings. The minimum atomic E-state index is -0.270. The molecule has 3 heterocycles. The number of amides is 1. The Kier molecular flexibility index (Phi) is 2.04. The number of carbonyl (C=O) groups excluding carboxylic acids is 1. The van der Waals surface area contributed by atoms with Gasteiger partial charge < -0.3 is 10.2 Å². The normalized spacial score (nSPS) is 38.2. The maximum atomic E-state index is 11.7. The fraction of sp³-hybridized carbons (Fsp3) is 0.889. The lowest BCUT2D eigenvalue weighted by Crippen LogP contribution is -2.79. The van der Waals surface area contributed by atoms with E-state index in [0.717, 1.165) is 26.1 Å². The summed E-state index contributed by atoms with van der Waals surface area (Å²) >= 11 is 0. The predicted octanol–water partition coefficient (Wildman–Crippen LogP) is -0.831. The van der Waals surface area contributed by atoms with Gasteiger partial charge in [0.05, 0.1) is 0 Å². The number of fused-ring (bicyclic) bond motifs is 2. The van der Waals surface area contributed by atoms with Crippen LogP contribution in [0.4, 0.5) is 0 Å². The van der Waals surface area contributed by atoms with Crippen molar-refractivity contribution in [2.75, 3.05) is 26.7 Å². The lowest BCUT2D eigenvalue weighted by atomic mass is 9.76. The van der Waals surface area contributed by atoms with Gasteiger partial charge >= 0.3 is 0 Å².